The minimum absolute atomic E-state index is 0.0735. The van der Waals surface area contributed by atoms with Crippen molar-refractivity contribution in [3.8, 4) is 0 Å². The third-order valence-corrected chi connectivity index (χ3v) is 2.34. The summed E-state index contributed by atoms with van der Waals surface area (Å²) < 4.78 is 0. The first-order valence-electron chi connectivity index (χ1n) is 5.75. The summed E-state index contributed by atoms with van der Waals surface area (Å²) in [6.45, 7) is 5.06. The molecule has 0 saturated heterocycles. The molecule has 6 nitrogen and oxygen atoms in total. The van der Waals surface area contributed by atoms with E-state index in [1.165, 1.54) is 6.33 Å². The first-order chi connectivity index (χ1) is 8.22. The molecule has 0 bridgehead atoms. The molecular formula is C11H19N5O. The van der Waals surface area contributed by atoms with Crippen molar-refractivity contribution >= 4 is 17.5 Å². The fourth-order valence-electron chi connectivity index (χ4n) is 1.47. The van der Waals surface area contributed by atoms with E-state index >= 15 is 0 Å². The van der Waals surface area contributed by atoms with Crippen LogP contribution in [0.5, 0.6) is 0 Å². The lowest BCUT2D eigenvalue weighted by molar-refractivity contribution is -0.118. The van der Waals surface area contributed by atoms with Crippen molar-refractivity contribution in [1.82, 2.24) is 15.3 Å². The minimum Gasteiger partial charge on any atom is -0.370 e. The Bertz CT molecular complexity index is 380. The molecule has 1 amide bonds. The van der Waals surface area contributed by atoms with E-state index < -0.39 is 0 Å². The average molecular weight is 237 g/mol. The Morgan fingerprint density at radius 3 is 2.41 bits per heavy atom. The smallest absolute Gasteiger partial charge is 0.239 e. The van der Waals surface area contributed by atoms with Gasteiger partial charge in [0.2, 0.25) is 5.91 Å². The van der Waals surface area contributed by atoms with Crippen molar-refractivity contribution in [2.45, 2.75) is 20.3 Å². The van der Waals surface area contributed by atoms with Crippen LogP contribution in [0.2, 0.25) is 0 Å². The molecule has 0 aromatic carbocycles. The molecule has 0 radical (unpaired) electrons. The fourth-order valence-corrected chi connectivity index (χ4v) is 1.47. The fraction of sp³-hybridized carbons (Fsp3) is 0.545. The molecular weight excluding hydrogens is 218 g/mol. The van der Waals surface area contributed by atoms with E-state index in [1.807, 2.05) is 13.8 Å². The summed E-state index contributed by atoms with van der Waals surface area (Å²) in [6, 6.07) is 0. The van der Waals surface area contributed by atoms with Crippen LogP contribution in [0.1, 0.15) is 19.4 Å². The number of hydrogen-bond acceptors (Lipinski definition) is 5. The monoisotopic (exact) mass is 237 g/mol. The van der Waals surface area contributed by atoms with Gasteiger partial charge < -0.3 is 16.0 Å². The Labute approximate surface area is 101 Å². The van der Waals surface area contributed by atoms with E-state index in [0.29, 0.717) is 5.82 Å². The summed E-state index contributed by atoms with van der Waals surface area (Å²) in [6.07, 6.45) is 2.29. The number of hydrogen-bond donors (Lipinski definition) is 3. The maximum Gasteiger partial charge on any atom is 0.239 e. The molecule has 0 unspecified atom stereocenters. The van der Waals surface area contributed by atoms with Crippen molar-refractivity contribution in [3.05, 3.63) is 11.9 Å². The van der Waals surface area contributed by atoms with Gasteiger partial charge >= 0.3 is 0 Å². The Balaban J connectivity index is 2.83. The molecule has 1 aromatic rings. The molecule has 0 aliphatic carbocycles. The maximum atomic E-state index is 11.2. The van der Waals surface area contributed by atoms with Gasteiger partial charge in [-0.15, -0.1) is 0 Å². The van der Waals surface area contributed by atoms with Crippen molar-refractivity contribution in [2.75, 3.05) is 30.8 Å². The molecule has 6 heteroatoms. The zero-order chi connectivity index (χ0) is 12.7. The second-order valence-electron chi connectivity index (χ2n) is 3.46. The van der Waals surface area contributed by atoms with Gasteiger partial charge in [-0.2, -0.15) is 0 Å². The molecule has 0 aliphatic rings. The third-order valence-electron chi connectivity index (χ3n) is 2.34. The highest BCUT2D eigenvalue weighted by molar-refractivity contribution is 5.80. The number of aromatic nitrogens is 2. The highest BCUT2D eigenvalue weighted by Gasteiger charge is 2.09. The normalized spacial score (nSPS) is 9.82. The molecule has 0 fully saturated rings. The second kappa shape index (κ2) is 6.67. The quantitative estimate of drug-likeness (QED) is 0.676. The van der Waals surface area contributed by atoms with Crippen LogP contribution in [0.15, 0.2) is 6.33 Å². The van der Waals surface area contributed by atoms with Crippen molar-refractivity contribution in [1.29, 1.82) is 0 Å². The third kappa shape index (κ3) is 3.58. The lowest BCUT2D eigenvalue weighted by Gasteiger charge is -2.13. The molecule has 1 heterocycles. The topological polar surface area (TPSA) is 78.9 Å². The maximum absolute atomic E-state index is 11.2. The van der Waals surface area contributed by atoms with E-state index in [0.717, 1.165) is 24.3 Å². The van der Waals surface area contributed by atoms with Gasteiger partial charge in [0.25, 0.3) is 0 Å². The summed E-state index contributed by atoms with van der Waals surface area (Å²) in [7, 11) is 1.61. The van der Waals surface area contributed by atoms with E-state index in [4.69, 9.17) is 0 Å². The first-order valence-corrected chi connectivity index (χ1v) is 5.75. The zero-order valence-electron chi connectivity index (χ0n) is 10.5. The Kier molecular flexibility index (Phi) is 5.19. The highest BCUT2D eigenvalue weighted by atomic mass is 16.1. The number of anilines is 2. The number of rotatable bonds is 6. The van der Waals surface area contributed by atoms with E-state index in [-0.39, 0.29) is 12.5 Å². The van der Waals surface area contributed by atoms with Crippen LogP contribution in [-0.2, 0) is 11.2 Å². The molecule has 1 aromatic heterocycles. The first kappa shape index (κ1) is 13.2. The average Bonchev–Trinajstić information content (AvgIpc) is 2.36. The predicted octanol–water partition coefficient (Wildman–Crippen LogP) is 0.629. The second-order valence-corrected chi connectivity index (χ2v) is 3.46. The highest BCUT2D eigenvalue weighted by Crippen LogP contribution is 2.19. The molecule has 0 spiro atoms. The summed E-state index contributed by atoms with van der Waals surface area (Å²) in [4.78, 5) is 19.5. The van der Waals surface area contributed by atoms with Gasteiger partial charge in [0, 0.05) is 19.2 Å². The molecule has 1 rings (SSSR count). The number of carbonyl (C=O) groups excluding carboxylic acids is 1. The Morgan fingerprint density at radius 1 is 1.24 bits per heavy atom. The summed E-state index contributed by atoms with van der Waals surface area (Å²) in [5, 5.41) is 8.74. The van der Waals surface area contributed by atoms with Crippen LogP contribution < -0.4 is 16.0 Å². The van der Waals surface area contributed by atoms with Gasteiger partial charge in [0.1, 0.15) is 18.0 Å². The SMILES string of the molecule is CCNc1ncnc(NCC(=O)NC)c1CC. The van der Waals surface area contributed by atoms with Gasteiger partial charge in [-0.3, -0.25) is 4.79 Å². The number of nitrogens with one attached hydrogen (secondary N) is 3. The summed E-state index contributed by atoms with van der Waals surface area (Å²) in [5.41, 5.74) is 0.998. The van der Waals surface area contributed by atoms with Gasteiger partial charge in [0.05, 0.1) is 6.54 Å². The van der Waals surface area contributed by atoms with Crippen molar-refractivity contribution in [2.24, 2.45) is 0 Å². The zero-order valence-corrected chi connectivity index (χ0v) is 10.5. The van der Waals surface area contributed by atoms with Crippen LogP contribution in [0.4, 0.5) is 11.6 Å². The van der Waals surface area contributed by atoms with E-state index in [9.17, 15) is 4.79 Å². The number of likely N-dealkylation sites (N-methyl/N-ethyl adjacent to an activating group) is 1. The predicted molar refractivity (Wildman–Crippen MR) is 68.1 cm³/mol. The number of nitrogens with zero attached hydrogens (tertiary/aromatic N) is 2. The van der Waals surface area contributed by atoms with Crippen LogP contribution in [0.25, 0.3) is 0 Å². The Morgan fingerprint density at radius 2 is 1.88 bits per heavy atom. The van der Waals surface area contributed by atoms with Crippen LogP contribution in [-0.4, -0.2) is 36.0 Å². The van der Waals surface area contributed by atoms with Gasteiger partial charge in [-0.1, -0.05) is 6.92 Å². The summed E-state index contributed by atoms with van der Waals surface area (Å²) in [5.74, 6) is 1.46. The molecule has 0 saturated carbocycles. The van der Waals surface area contributed by atoms with Crippen LogP contribution in [0.3, 0.4) is 0 Å². The van der Waals surface area contributed by atoms with Gasteiger partial charge in [-0.25, -0.2) is 9.97 Å². The van der Waals surface area contributed by atoms with Gasteiger partial charge in [-0.05, 0) is 13.3 Å². The molecule has 0 atom stereocenters. The summed E-state index contributed by atoms with van der Waals surface area (Å²) >= 11 is 0. The molecule has 0 aliphatic heterocycles. The van der Waals surface area contributed by atoms with Crippen LogP contribution in [0, 0.1) is 0 Å². The van der Waals surface area contributed by atoms with Crippen LogP contribution >= 0.6 is 0 Å². The molecule has 3 N–H and O–H groups in total. The van der Waals surface area contributed by atoms with Gasteiger partial charge in [0.15, 0.2) is 0 Å². The van der Waals surface area contributed by atoms with E-state index in [2.05, 4.69) is 25.9 Å². The van der Waals surface area contributed by atoms with Crippen molar-refractivity contribution in [3.63, 3.8) is 0 Å². The van der Waals surface area contributed by atoms with Crippen molar-refractivity contribution < 1.29 is 4.79 Å². The Hall–Kier alpha value is -1.85. The standard InChI is InChI=1S/C11H19N5O/c1-4-8-10(13-5-2)15-7-16-11(8)14-6-9(17)12-3/h7H,4-6H2,1-3H3,(H,12,17)(H2,13,14,15,16). The molecule has 94 valence electrons. The van der Waals surface area contributed by atoms with E-state index in [1.54, 1.807) is 7.05 Å². The molecule has 17 heavy (non-hydrogen) atoms. The lowest BCUT2D eigenvalue weighted by Crippen LogP contribution is -2.27. The largest absolute Gasteiger partial charge is 0.370 e. The minimum atomic E-state index is -0.0735. The lowest BCUT2D eigenvalue weighted by atomic mass is 10.2. The number of amides is 1. The number of carbonyl (C=O) groups is 1.